The van der Waals surface area contributed by atoms with E-state index < -0.39 is 0 Å². The van der Waals surface area contributed by atoms with Crippen LogP contribution in [-0.4, -0.2) is 38.6 Å². The molecule has 1 aliphatic rings. The number of rotatable bonds is 5. The van der Waals surface area contributed by atoms with Crippen LogP contribution in [0, 0.1) is 0 Å². The molecule has 1 saturated heterocycles. The number of pyridine rings is 1. The minimum atomic E-state index is 0.278. The van der Waals surface area contributed by atoms with Crippen molar-refractivity contribution in [2.24, 2.45) is 0 Å². The molecule has 108 valence electrons. The lowest BCUT2D eigenvalue weighted by Gasteiger charge is -2.24. The number of imidazole rings is 1. The molecule has 1 N–H and O–H groups in total. The Bertz CT molecular complexity index is 584. The van der Waals surface area contributed by atoms with Crippen LogP contribution < -0.4 is 0 Å². The van der Waals surface area contributed by atoms with Gasteiger partial charge in [0.1, 0.15) is 5.65 Å². The van der Waals surface area contributed by atoms with Crippen LogP contribution >= 0.6 is 11.6 Å². The summed E-state index contributed by atoms with van der Waals surface area (Å²) in [6.07, 6.45) is 6.40. The molecule has 0 radical (unpaired) electrons. The van der Waals surface area contributed by atoms with E-state index in [0.717, 1.165) is 37.3 Å². The van der Waals surface area contributed by atoms with Crippen molar-refractivity contribution < 1.29 is 5.11 Å². The fraction of sp³-hybridized carbons (Fsp3) is 0.533. The van der Waals surface area contributed by atoms with Crippen molar-refractivity contribution >= 4 is 17.2 Å². The highest BCUT2D eigenvalue weighted by Crippen LogP contribution is 2.26. The second-order valence-electron chi connectivity index (χ2n) is 5.41. The van der Waals surface area contributed by atoms with E-state index in [1.807, 2.05) is 24.4 Å². The van der Waals surface area contributed by atoms with Gasteiger partial charge in [0, 0.05) is 25.4 Å². The van der Waals surface area contributed by atoms with Gasteiger partial charge in [-0.3, -0.25) is 4.90 Å². The van der Waals surface area contributed by atoms with Gasteiger partial charge in [-0.15, -0.1) is 0 Å². The Morgan fingerprint density at radius 2 is 2.30 bits per heavy atom. The zero-order valence-electron chi connectivity index (χ0n) is 11.5. The lowest BCUT2D eigenvalue weighted by Crippen LogP contribution is -2.29. The Hall–Kier alpha value is -1.10. The van der Waals surface area contributed by atoms with Gasteiger partial charge in [0.05, 0.1) is 5.69 Å². The topological polar surface area (TPSA) is 40.8 Å². The number of nitrogens with zero attached hydrogens (tertiary/aromatic N) is 3. The van der Waals surface area contributed by atoms with E-state index >= 15 is 0 Å². The summed E-state index contributed by atoms with van der Waals surface area (Å²) in [5.41, 5.74) is 1.97. The van der Waals surface area contributed by atoms with Crippen LogP contribution in [0.3, 0.4) is 0 Å². The normalized spacial score (nSPS) is 20.0. The fourth-order valence-corrected chi connectivity index (χ4v) is 3.35. The molecule has 1 fully saturated rings. The van der Waals surface area contributed by atoms with E-state index in [4.69, 9.17) is 16.7 Å². The number of aliphatic hydroxyl groups excluding tert-OH is 1. The molecule has 0 spiro atoms. The van der Waals surface area contributed by atoms with Crippen molar-refractivity contribution in [2.75, 3.05) is 13.2 Å². The first-order valence-corrected chi connectivity index (χ1v) is 7.64. The summed E-state index contributed by atoms with van der Waals surface area (Å²) in [6, 6.07) is 6.51. The quantitative estimate of drug-likeness (QED) is 0.921. The molecular weight excluding hydrogens is 274 g/mol. The summed E-state index contributed by atoms with van der Waals surface area (Å²) >= 11 is 6.30. The zero-order valence-corrected chi connectivity index (χ0v) is 12.3. The highest BCUT2D eigenvalue weighted by Gasteiger charge is 2.25. The molecule has 2 aromatic heterocycles. The molecule has 4 nitrogen and oxygen atoms in total. The predicted octanol–water partition coefficient (Wildman–Crippen LogP) is 2.72. The van der Waals surface area contributed by atoms with Gasteiger partial charge in [0.25, 0.3) is 0 Å². The minimum Gasteiger partial charge on any atom is -0.396 e. The molecule has 0 bridgehead atoms. The molecule has 5 heteroatoms. The third-order valence-electron chi connectivity index (χ3n) is 4.13. The SMILES string of the molecule is OCCCC1CCCN1Cc1c(Cl)nc2ccccn12. The summed E-state index contributed by atoms with van der Waals surface area (Å²) < 4.78 is 2.07. The van der Waals surface area contributed by atoms with Crippen LogP contribution in [0.2, 0.25) is 5.15 Å². The van der Waals surface area contributed by atoms with Gasteiger partial charge in [0.15, 0.2) is 5.15 Å². The lowest BCUT2D eigenvalue weighted by atomic mass is 10.1. The highest BCUT2D eigenvalue weighted by molar-refractivity contribution is 6.30. The van der Waals surface area contributed by atoms with Crippen LogP contribution in [0.15, 0.2) is 24.4 Å². The van der Waals surface area contributed by atoms with Crippen molar-refractivity contribution in [3.05, 3.63) is 35.2 Å². The molecule has 1 unspecified atom stereocenters. The molecule has 2 aromatic rings. The molecule has 0 aliphatic carbocycles. The molecule has 0 saturated carbocycles. The zero-order chi connectivity index (χ0) is 13.9. The molecule has 3 rings (SSSR count). The first-order chi connectivity index (χ1) is 9.79. The van der Waals surface area contributed by atoms with Gasteiger partial charge in [0.2, 0.25) is 0 Å². The maximum Gasteiger partial charge on any atom is 0.152 e. The largest absolute Gasteiger partial charge is 0.396 e. The Labute approximate surface area is 124 Å². The van der Waals surface area contributed by atoms with Gasteiger partial charge in [-0.1, -0.05) is 17.7 Å². The number of likely N-dealkylation sites (tertiary alicyclic amines) is 1. The third-order valence-corrected chi connectivity index (χ3v) is 4.43. The molecule has 0 amide bonds. The van der Waals surface area contributed by atoms with E-state index in [9.17, 15) is 0 Å². The summed E-state index contributed by atoms with van der Waals surface area (Å²) in [5, 5.41) is 9.60. The predicted molar refractivity (Wildman–Crippen MR) is 80.0 cm³/mol. The smallest absolute Gasteiger partial charge is 0.152 e. The van der Waals surface area contributed by atoms with Crippen LogP contribution in [-0.2, 0) is 6.54 Å². The monoisotopic (exact) mass is 293 g/mol. The Kier molecular flexibility index (Phi) is 4.24. The van der Waals surface area contributed by atoms with Crippen molar-refractivity contribution in [3.63, 3.8) is 0 Å². The fourth-order valence-electron chi connectivity index (χ4n) is 3.11. The number of hydrogen-bond donors (Lipinski definition) is 1. The summed E-state index contributed by atoms with van der Waals surface area (Å²) in [6.45, 7) is 2.22. The van der Waals surface area contributed by atoms with Gasteiger partial charge >= 0.3 is 0 Å². The van der Waals surface area contributed by atoms with Crippen molar-refractivity contribution in [3.8, 4) is 0 Å². The first kappa shape index (κ1) is 13.9. The van der Waals surface area contributed by atoms with Gasteiger partial charge < -0.3 is 9.51 Å². The number of hydrogen-bond acceptors (Lipinski definition) is 3. The molecule has 3 heterocycles. The average molecular weight is 294 g/mol. The minimum absolute atomic E-state index is 0.278. The van der Waals surface area contributed by atoms with E-state index in [2.05, 4.69) is 14.3 Å². The molecule has 20 heavy (non-hydrogen) atoms. The first-order valence-electron chi connectivity index (χ1n) is 7.26. The lowest BCUT2D eigenvalue weighted by molar-refractivity contribution is 0.208. The van der Waals surface area contributed by atoms with E-state index in [-0.39, 0.29) is 6.61 Å². The van der Waals surface area contributed by atoms with Crippen molar-refractivity contribution in [1.29, 1.82) is 0 Å². The summed E-state index contributed by atoms with van der Waals surface area (Å²) in [5.74, 6) is 0. The van der Waals surface area contributed by atoms with Crippen LogP contribution in [0.25, 0.3) is 5.65 Å². The van der Waals surface area contributed by atoms with Crippen molar-refractivity contribution in [2.45, 2.75) is 38.3 Å². The second-order valence-corrected chi connectivity index (χ2v) is 5.77. The number of aromatic nitrogens is 2. The summed E-state index contributed by atoms with van der Waals surface area (Å²) in [7, 11) is 0. The standard InChI is InChI=1S/C15H20ClN3O/c16-15-13(19-9-2-1-7-14(19)17-15)11-18-8-3-5-12(18)6-4-10-20/h1-2,7,9,12,20H,3-6,8,10-11H2. The third kappa shape index (κ3) is 2.68. The average Bonchev–Trinajstić information content (AvgIpc) is 3.02. The van der Waals surface area contributed by atoms with E-state index in [0.29, 0.717) is 11.2 Å². The maximum absolute atomic E-state index is 9.00. The van der Waals surface area contributed by atoms with Gasteiger partial charge in [-0.25, -0.2) is 4.98 Å². The van der Waals surface area contributed by atoms with Crippen LogP contribution in [0.1, 0.15) is 31.4 Å². The van der Waals surface area contributed by atoms with Gasteiger partial charge in [-0.2, -0.15) is 0 Å². The second kappa shape index (κ2) is 6.12. The Balaban J connectivity index is 1.80. The number of halogens is 1. The van der Waals surface area contributed by atoms with Crippen LogP contribution in [0.5, 0.6) is 0 Å². The maximum atomic E-state index is 9.00. The Morgan fingerprint density at radius 3 is 3.15 bits per heavy atom. The molecule has 1 atom stereocenters. The molecule has 0 aromatic carbocycles. The van der Waals surface area contributed by atoms with Crippen molar-refractivity contribution in [1.82, 2.24) is 14.3 Å². The number of fused-ring (bicyclic) bond motifs is 1. The Morgan fingerprint density at radius 1 is 1.40 bits per heavy atom. The van der Waals surface area contributed by atoms with Gasteiger partial charge in [-0.05, 0) is 44.4 Å². The van der Waals surface area contributed by atoms with E-state index in [1.165, 1.54) is 12.8 Å². The summed E-state index contributed by atoms with van der Waals surface area (Å²) in [4.78, 5) is 6.87. The highest BCUT2D eigenvalue weighted by atomic mass is 35.5. The van der Waals surface area contributed by atoms with Crippen LogP contribution in [0.4, 0.5) is 0 Å². The van der Waals surface area contributed by atoms with E-state index in [1.54, 1.807) is 0 Å². The molecule has 1 aliphatic heterocycles. The molecular formula is C15H20ClN3O. The number of aliphatic hydroxyl groups is 1.